The van der Waals surface area contributed by atoms with Crippen LogP contribution in [-0.4, -0.2) is 29.5 Å². The third-order valence-electron chi connectivity index (χ3n) is 13.7. The predicted octanol–water partition coefficient (Wildman–Crippen LogP) is 17.0. The van der Waals surface area contributed by atoms with Gasteiger partial charge in [0.05, 0.1) is 28.1 Å². The van der Waals surface area contributed by atoms with Gasteiger partial charge in [0, 0.05) is 44.2 Å². The Labute approximate surface area is 420 Å². The van der Waals surface area contributed by atoms with Gasteiger partial charge >= 0.3 is 0 Å². The van der Waals surface area contributed by atoms with Crippen molar-refractivity contribution in [2.75, 3.05) is 0 Å². The average molecular weight is 929 g/mol. The Balaban J connectivity index is 1.32. The van der Waals surface area contributed by atoms with E-state index < -0.39 is 0 Å². The number of aromatic nitrogens is 6. The smallest absolute Gasteiger partial charge is 0.166 e. The van der Waals surface area contributed by atoms with Crippen LogP contribution in [0.15, 0.2) is 170 Å². The standard InChI is InChI=1S/C65H64N6/c1-62(2,3)46-33-44(34-47(38-46)63(4,5)6)59-68-60(45-35-48(64(7,8)9)39-49(36-45)65(10,11)12)70-61(69-59)52-37-43(31-32-57(52)71-55-29-21-19-27-50(55)51-28-20-22-30-56(51)71)54-40-53(41-23-15-13-16-24-41)66-58(67-54)42-25-17-14-18-26-42/h13-40H,1-12H3. The van der Waals surface area contributed by atoms with Gasteiger partial charge in [0.15, 0.2) is 23.3 Å². The second-order valence-corrected chi connectivity index (χ2v) is 23.2. The van der Waals surface area contributed by atoms with Crippen LogP contribution in [0, 0.1) is 0 Å². The summed E-state index contributed by atoms with van der Waals surface area (Å²) in [5, 5.41) is 2.35. The van der Waals surface area contributed by atoms with E-state index in [4.69, 9.17) is 24.9 Å². The van der Waals surface area contributed by atoms with Crippen LogP contribution < -0.4 is 0 Å². The molecule has 0 unspecified atom stereocenters. The molecule has 354 valence electrons. The lowest BCUT2D eigenvalue weighted by atomic mass is 9.79. The number of benzene rings is 7. The van der Waals surface area contributed by atoms with Gasteiger partial charge in [0.2, 0.25) is 0 Å². The van der Waals surface area contributed by atoms with Crippen molar-refractivity contribution in [3.05, 3.63) is 192 Å². The van der Waals surface area contributed by atoms with Crippen molar-refractivity contribution in [3.8, 4) is 73.8 Å². The minimum absolute atomic E-state index is 0.121. The van der Waals surface area contributed by atoms with E-state index in [1.165, 1.54) is 33.0 Å². The monoisotopic (exact) mass is 929 g/mol. The summed E-state index contributed by atoms with van der Waals surface area (Å²) >= 11 is 0. The number of hydrogen-bond donors (Lipinski definition) is 0. The summed E-state index contributed by atoms with van der Waals surface area (Å²) in [6.07, 6.45) is 0. The van der Waals surface area contributed by atoms with Crippen molar-refractivity contribution >= 4 is 21.8 Å². The first-order valence-electron chi connectivity index (χ1n) is 24.9. The minimum Gasteiger partial charge on any atom is -0.309 e. The SMILES string of the molecule is CC(C)(C)c1cc(-c2nc(-c3cc(C(C)(C)C)cc(C(C)(C)C)c3)nc(-c3cc(-c4cc(-c5ccccc5)nc(-c5ccccc5)n4)ccc3-n3c4ccccc4c4ccccc43)n2)cc(C(C)(C)C)c1. The van der Waals surface area contributed by atoms with E-state index in [1.807, 2.05) is 24.3 Å². The Hall–Kier alpha value is -7.57. The van der Waals surface area contributed by atoms with E-state index in [9.17, 15) is 0 Å². The normalized spacial score (nSPS) is 12.5. The zero-order valence-corrected chi connectivity index (χ0v) is 43.3. The first-order chi connectivity index (χ1) is 33.7. The molecule has 0 aliphatic rings. The Morgan fingerprint density at radius 1 is 0.296 bits per heavy atom. The van der Waals surface area contributed by atoms with Crippen LogP contribution in [0.1, 0.15) is 105 Å². The number of fused-ring (bicyclic) bond motifs is 3. The van der Waals surface area contributed by atoms with Gasteiger partial charge < -0.3 is 4.57 Å². The fourth-order valence-electron chi connectivity index (χ4n) is 9.32. The van der Waals surface area contributed by atoms with Crippen LogP contribution in [0.5, 0.6) is 0 Å². The topological polar surface area (TPSA) is 69.4 Å². The van der Waals surface area contributed by atoms with E-state index in [1.54, 1.807) is 0 Å². The molecule has 7 aromatic carbocycles. The molecule has 10 rings (SSSR count). The largest absolute Gasteiger partial charge is 0.309 e. The van der Waals surface area contributed by atoms with Crippen LogP contribution in [0.2, 0.25) is 0 Å². The van der Waals surface area contributed by atoms with Crippen LogP contribution in [0.4, 0.5) is 0 Å². The molecular weight excluding hydrogens is 865 g/mol. The van der Waals surface area contributed by atoms with Crippen molar-refractivity contribution in [1.82, 2.24) is 29.5 Å². The molecule has 3 heterocycles. The van der Waals surface area contributed by atoms with Crippen molar-refractivity contribution in [1.29, 1.82) is 0 Å². The van der Waals surface area contributed by atoms with Crippen molar-refractivity contribution in [2.24, 2.45) is 0 Å². The number of rotatable bonds is 7. The lowest BCUT2D eigenvalue weighted by Crippen LogP contribution is -2.17. The Morgan fingerprint density at radius 3 is 1.13 bits per heavy atom. The predicted molar refractivity (Wildman–Crippen MR) is 297 cm³/mol. The second-order valence-electron chi connectivity index (χ2n) is 23.2. The van der Waals surface area contributed by atoms with E-state index >= 15 is 0 Å². The summed E-state index contributed by atoms with van der Waals surface area (Å²) in [5.41, 5.74) is 14.9. The molecule has 6 nitrogen and oxygen atoms in total. The first kappa shape index (κ1) is 47.1. The maximum Gasteiger partial charge on any atom is 0.166 e. The highest BCUT2D eigenvalue weighted by molar-refractivity contribution is 6.09. The van der Waals surface area contributed by atoms with Gasteiger partial charge in [-0.2, -0.15) is 0 Å². The molecule has 0 saturated heterocycles. The lowest BCUT2D eigenvalue weighted by molar-refractivity contribution is 0.568. The highest BCUT2D eigenvalue weighted by atomic mass is 15.1. The highest BCUT2D eigenvalue weighted by Crippen LogP contribution is 2.41. The van der Waals surface area contributed by atoms with Gasteiger partial charge in [-0.1, -0.05) is 198 Å². The summed E-state index contributed by atoms with van der Waals surface area (Å²) in [6.45, 7) is 27.3. The molecule has 10 aromatic rings. The van der Waals surface area contributed by atoms with Crippen LogP contribution in [-0.2, 0) is 21.7 Å². The van der Waals surface area contributed by atoms with Gasteiger partial charge in [-0.15, -0.1) is 0 Å². The van der Waals surface area contributed by atoms with E-state index in [-0.39, 0.29) is 21.7 Å². The molecule has 0 aliphatic heterocycles. The van der Waals surface area contributed by atoms with E-state index in [0.717, 1.165) is 61.5 Å². The molecule has 0 atom stereocenters. The molecule has 0 spiro atoms. The molecule has 0 bridgehead atoms. The number of para-hydroxylation sites is 2. The maximum absolute atomic E-state index is 5.62. The van der Waals surface area contributed by atoms with Crippen molar-refractivity contribution in [2.45, 2.75) is 105 Å². The molecular formula is C65H64N6. The quantitative estimate of drug-likeness (QED) is 0.159. The summed E-state index contributed by atoms with van der Waals surface area (Å²) in [7, 11) is 0. The van der Waals surface area contributed by atoms with Crippen LogP contribution >= 0.6 is 0 Å². The molecule has 0 saturated carbocycles. The highest BCUT2D eigenvalue weighted by Gasteiger charge is 2.27. The molecule has 0 radical (unpaired) electrons. The number of hydrogen-bond acceptors (Lipinski definition) is 5. The van der Waals surface area contributed by atoms with Gasteiger partial charge in [0.25, 0.3) is 0 Å². The second kappa shape index (κ2) is 17.7. The van der Waals surface area contributed by atoms with Crippen molar-refractivity contribution in [3.63, 3.8) is 0 Å². The van der Waals surface area contributed by atoms with Gasteiger partial charge in [0.1, 0.15) is 0 Å². The third-order valence-corrected chi connectivity index (χ3v) is 13.7. The van der Waals surface area contributed by atoms with Crippen LogP contribution in [0.25, 0.3) is 95.6 Å². The molecule has 0 amide bonds. The van der Waals surface area contributed by atoms with E-state index in [2.05, 4.69) is 233 Å². The van der Waals surface area contributed by atoms with E-state index in [0.29, 0.717) is 23.3 Å². The minimum atomic E-state index is -0.121. The average Bonchev–Trinajstić information content (AvgIpc) is 3.69. The molecule has 0 fully saturated rings. The summed E-state index contributed by atoms with van der Waals surface area (Å²) < 4.78 is 2.37. The Kier molecular flexibility index (Phi) is 11.7. The zero-order valence-electron chi connectivity index (χ0n) is 43.3. The lowest BCUT2D eigenvalue weighted by Gasteiger charge is -2.26. The molecule has 0 aliphatic carbocycles. The Bertz CT molecular complexity index is 3340. The van der Waals surface area contributed by atoms with Gasteiger partial charge in [-0.05, 0) is 98.5 Å². The summed E-state index contributed by atoms with van der Waals surface area (Å²) in [4.78, 5) is 27.2. The summed E-state index contributed by atoms with van der Waals surface area (Å²) in [5.74, 6) is 2.47. The maximum atomic E-state index is 5.62. The van der Waals surface area contributed by atoms with Gasteiger partial charge in [-0.25, -0.2) is 24.9 Å². The zero-order chi connectivity index (χ0) is 50.0. The van der Waals surface area contributed by atoms with Crippen LogP contribution in [0.3, 0.4) is 0 Å². The Morgan fingerprint density at radius 2 is 0.676 bits per heavy atom. The van der Waals surface area contributed by atoms with Crippen molar-refractivity contribution < 1.29 is 0 Å². The molecule has 3 aromatic heterocycles. The third kappa shape index (κ3) is 9.44. The first-order valence-corrected chi connectivity index (χ1v) is 24.9. The fraction of sp³-hybridized carbons (Fsp3) is 0.246. The fourth-order valence-corrected chi connectivity index (χ4v) is 9.32. The molecule has 0 N–H and O–H groups in total. The molecule has 71 heavy (non-hydrogen) atoms. The van der Waals surface area contributed by atoms with Gasteiger partial charge in [-0.3, -0.25) is 0 Å². The summed E-state index contributed by atoms with van der Waals surface area (Å²) in [6, 6.07) is 60.4. The number of nitrogens with zero attached hydrogens (tertiary/aromatic N) is 6. The molecule has 6 heteroatoms.